The molecule has 2 aliphatic carbocycles. The molecule has 2 aromatic rings. The van der Waals surface area contributed by atoms with Crippen LogP contribution in [0.25, 0.3) is 0 Å². The number of benzene rings is 2. The second-order valence-electron chi connectivity index (χ2n) is 8.74. The van der Waals surface area contributed by atoms with Crippen molar-refractivity contribution in [2.45, 2.75) is 44.7 Å². The average Bonchev–Trinajstić information content (AvgIpc) is 3.05. The molecule has 30 heavy (non-hydrogen) atoms. The first kappa shape index (κ1) is 19.6. The van der Waals surface area contributed by atoms with E-state index in [1.807, 2.05) is 4.90 Å². The largest absolute Gasteiger partial charge is 0.349 e. The Bertz CT molecular complexity index is 997. The molecule has 1 heterocycles. The van der Waals surface area contributed by atoms with Crippen molar-refractivity contribution in [1.82, 2.24) is 5.32 Å². The maximum atomic E-state index is 13.5. The summed E-state index contributed by atoms with van der Waals surface area (Å²) in [5, 5.41) is 3.82. The molecule has 3 atom stereocenters. The van der Waals surface area contributed by atoms with E-state index in [9.17, 15) is 14.0 Å². The topological polar surface area (TPSA) is 49.4 Å². The zero-order chi connectivity index (χ0) is 21.0. The number of rotatable bonds is 5. The highest BCUT2D eigenvalue weighted by Crippen LogP contribution is 2.61. The monoisotopic (exact) mass is 426 g/mol. The van der Waals surface area contributed by atoms with Gasteiger partial charge in [0, 0.05) is 28.4 Å². The minimum absolute atomic E-state index is 0.0642. The highest BCUT2D eigenvalue weighted by molar-refractivity contribution is 6.30. The SMILES string of the molecule is CCC(NC(=O)c1ccc(Cl)cc1)C1C2CC(N3C(=O)Cc4cc(F)ccc43)CC21. The molecule has 3 unspecified atom stereocenters. The molecule has 1 N–H and O–H groups in total. The van der Waals surface area contributed by atoms with Crippen LogP contribution in [0.5, 0.6) is 0 Å². The van der Waals surface area contributed by atoms with Crippen LogP contribution in [-0.4, -0.2) is 23.9 Å². The zero-order valence-corrected chi connectivity index (χ0v) is 17.5. The van der Waals surface area contributed by atoms with Gasteiger partial charge in [-0.1, -0.05) is 18.5 Å². The third-order valence-corrected chi connectivity index (χ3v) is 7.34. The molecule has 2 fully saturated rings. The molecule has 2 amide bonds. The summed E-state index contributed by atoms with van der Waals surface area (Å²) in [6, 6.07) is 11.9. The van der Waals surface area contributed by atoms with Crippen LogP contribution in [0, 0.1) is 23.6 Å². The Morgan fingerprint density at radius 3 is 2.57 bits per heavy atom. The number of nitrogens with zero attached hydrogens (tertiary/aromatic N) is 1. The van der Waals surface area contributed by atoms with Gasteiger partial charge >= 0.3 is 0 Å². The molecular formula is C24H24ClFN2O2. The smallest absolute Gasteiger partial charge is 0.251 e. The van der Waals surface area contributed by atoms with Gasteiger partial charge in [0.2, 0.25) is 5.91 Å². The summed E-state index contributed by atoms with van der Waals surface area (Å²) in [6.07, 6.45) is 3.07. The minimum Gasteiger partial charge on any atom is -0.349 e. The molecule has 0 radical (unpaired) electrons. The number of fused-ring (bicyclic) bond motifs is 2. The summed E-state index contributed by atoms with van der Waals surface area (Å²) in [4.78, 5) is 27.1. The molecule has 0 spiro atoms. The van der Waals surface area contributed by atoms with Crippen molar-refractivity contribution in [3.05, 3.63) is 64.4 Å². The number of halogens is 2. The highest BCUT2D eigenvalue weighted by Gasteiger charge is 2.60. The van der Waals surface area contributed by atoms with Gasteiger partial charge in [0.1, 0.15) is 5.82 Å². The van der Waals surface area contributed by atoms with E-state index in [1.165, 1.54) is 12.1 Å². The molecular weight excluding hydrogens is 403 g/mol. The van der Waals surface area contributed by atoms with Gasteiger partial charge in [-0.15, -0.1) is 0 Å². The van der Waals surface area contributed by atoms with Gasteiger partial charge in [-0.2, -0.15) is 0 Å². The van der Waals surface area contributed by atoms with Crippen molar-refractivity contribution in [2.24, 2.45) is 17.8 Å². The van der Waals surface area contributed by atoms with Crippen molar-refractivity contribution in [1.29, 1.82) is 0 Å². The van der Waals surface area contributed by atoms with Crippen molar-refractivity contribution < 1.29 is 14.0 Å². The number of hydrogen-bond donors (Lipinski definition) is 1. The fourth-order valence-corrected chi connectivity index (χ4v) is 5.83. The van der Waals surface area contributed by atoms with Crippen molar-refractivity contribution in [3.63, 3.8) is 0 Å². The summed E-state index contributed by atoms with van der Waals surface area (Å²) in [5.74, 6) is 1.24. The van der Waals surface area contributed by atoms with E-state index in [0.717, 1.165) is 30.5 Å². The first-order chi connectivity index (χ1) is 14.5. The molecule has 0 saturated heterocycles. The molecule has 0 bridgehead atoms. The Morgan fingerprint density at radius 2 is 1.90 bits per heavy atom. The van der Waals surface area contributed by atoms with E-state index in [2.05, 4.69) is 12.2 Å². The van der Waals surface area contributed by atoms with Crippen LogP contribution in [0.1, 0.15) is 42.1 Å². The van der Waals surface area contributed by atoms with Crippen LogP contribution in [-0.2, 0) is 11.2 Å². The minimum atomic E-state index is -0.292. The van der Waals surface area contributed by atoms with E-state index in [1.54, 1.807) is 30.3 Å². The summed E-state index contributed by atoms with van der Waals surface area (Å²) in [7, 11) is 0. The third-order valence-electron chi connectivity index (χ3n) is 7.09. The quantitative estimate of drug-likeness (QED) is 0.759. The summed E-state index contributed by atoms with van der Waals surface area (Å²) < 4.78 is 13.5. The van der Waals surface area contributed by atoms with Crippen molar-refractivity contribution in [2.75, 3.05) is 4.90 Å². The predicted molar refractivity (Wildman–Crippen MR) is 114 cm³/mol. The Hall–Kier alpha value is -2.40. The molecule has 1 aliphatic heterocycles. The molecule has 2 saturated carbocycles. The van der Waals surface area contributed by atoms with Crippen molar-refractivity contribution in [3.8, 4) is 0 Å². The second-order valence-corrected chi connectivity index (χ2v) is 9.18. The maximum Gasteiger partial charge on any atom is 0.251 e. The normalized spacial score (nSPS) is 27.6. The number of amides is 2. The summed E-state index contributed by atoms with van der Waals surface area (Å²) in [6.45, 7) is 2.10. The van der Waals surface area contributed by atoms with E-state index in [-0.39, 0.29) is 36.1 Å². The molecule has 5 rings (SSSR count). The van der Waals surface area contributed by atoms with E-state index >= 15 is 0 Å². The lowest BCUT2D eigenvalue weighted by molar-refractivity contribution is -0.117. The standard InChI is InChI=1S/C24H24ClFN2O2/c1-2-20(27-24(30)13-3-5-15(25)6-4-13)23-18-11-17(12-19(18)23)28-21-8-7-16(26)9-14(21)10-22(28)29/h3-9,17-20,23H,2,10-12H2,1H3,(H,27,30). The van der Waals surface area contributed by atoms with Crippen molar-refractivity contribution >= 4 is 29.1 Å². The molecule has 2 aromatic carbocycles. The third kappa shape index (κ3) is 3.29. The number of nitrogens with one attached hydrogen (secondary N) is 1. The molecule has 4 nitrogen and oxygen atoms in total. The first-order valence-electron chi connectivity index (χ1n) is 10.6. The van der Waals surface area contributed by atoms with Gasteiger partial charge in [-0.25, -0.2) is 4.39 Å². The second kappa shape index (κ2) is 7.38. The first-order valence-corrected chi connectivity index (χ1v) is 11.0. The van der Waals surface area contributed by atoms with Gasteiger partial charge < -0.3 is 10.2 Å². The fourth-order valence-electron chi connectivity index (χ4n) is 5.71. The lowest BCUT2D eigenvalue weighted by Gasteiger charge is -2.28. The van der Waals surface area contributed by atoms with E-state index in [0.29, 0.717) is 28.3 Å². The van der Waals surface area contributed by atoms with Crippen LogP contribution in [0.2, 0.25) is 5.02 Å². The molecule has 6 heteroatoms. The van der Waals surface area contributed by atoms with E-state index < -0.39 is 0 Å². The number of anilines is 1. The average molecular weight is 427 g/mol. The van der Waals surface area contributed by atoms with Crippen LogP contribution in [0.15, 0.2) is 42.5 Å². The Kier molecular flexibility index (Phi) is 4.81. The lowest BCUT2D eigenvalue weighted by Crippen LogP contribution is -2.40. The molecule has 0 aromatic heterocycles. The maximum absolute atomic E-state index is 13.5. The Morgan fingerprint density at radius 1 is 1.20 bits per heavy atom. The van der Waals surface area contributed by atoms with Gasteiger partial charge in [0.05, 0.1) is 6.42 Å². The zero-order valence-electron chi connectivity index (χ0n) is 16.8. The van der Waals surface area contributed by atoms with Crippen LogP contribution in [0.3, 0.4) is 0 Å². The highest BCUT2D eigenvalue weighted by atomic mass is 35.5. The predicted octanol–water partition coefficient (Wildman–Crippen LogP) is 4.60. The van der Waals surface area contributed by atoms with E-state index in [4.69, 9.17) is 11.6 Å². The van der Waals surface area contributed by atoms with Gasteiger partial charge in [0.25, 0.3) is 5.91 Å². The van der Waals surface area contributed by atoms with Crippen LogP contribution >= 0.6 is 11.6 Å². The fraction of sp³-hybridized carbons (Fsp3) is 0.417. The van der Waals surface area contributed by atoms with Gasteiger partial charge in [-0.3, -0.25) is 9.59 Å². The summed E-state index contributed by atoms with van der Waals surface area (Å²) in [5.41, 5.74) is 2.28. The number of carbonyl (C=O) groups excluding carboxylic acids is 2. The Balaban J connectivity index is 1.23. The number of carbonyl (C=O) groups is 2. The number of hydrogen-bond acceptors (Lipinski definition) is 2. The molecule has 156 valence electrons. The van der Waals surface area contributed by atoms with Gasteiger partial charge in [-0.05, 0) is 85.0 Å². The van der Waals surface area contributed by atoms with Crippen LogP contribution in [0.4, 0.5) is 10.1 Å². The Labute approximate surface area is 180 Å². The summed E-state index contributed by atoms with van der Waals surface area (Å²) >= 11 is 5.91. The van der Waals surface area contributed by atoms with Crippen LogP contribution < -0.4 is 10.2 Å². The lowest BCUT2D eigenvalue weighted by atomic mass is 9.98. The molecule has 3 aliphatic rings. The van der Waals surface area contributed by atoms with Gasteiger partial charge in [0.15, 0.2) is 0 Å².